The molecule has 0 heterocycles. The van der Waals surface area contributed by atoms with Gasteiger partial charge in [0.1, 0.15) is 0 Å². The number of alkyl halides is 3. The first-order valence-electron chi connectivity index (χ1n) is 4.07. The number of halogens is 3. The van der Waals surface area contributed by atoms with Crippen LogP contribution in [0.25, 0.3) is 0 Å². The summed E-state index contributed by atoms with van der Waals surface area (Å²) in [7, 11) is -4.07. The zero-order valence-electron chi connectivity index (χ0n) is 7.90. The predicted molar refractivity (Wildman–Crippen MR) is 53.2 cm³/mol. The molecule has 0 saturated heterocycles. The topological polar surface area (TPSA) is 60.2 Å². The minimum atomic E-state index is -4.65. The van der Waals surface area contributed by atoms with Crippen LogP contribution in [0.1, 0.15) is 0 Å². The first kappa shape index (κ1) is 12.6. The molecule has 0 atom stereocenters. The lowest BCUT2D eigenvalue weighted by Crippen LogP contribution is -2.04. The summed E-state index contributed by atoms with van der Waals surface area (Å²) in [4.78, 5) is -0.234. The second-order valence-corrected chi connectivity index (χ2v) is 4.79. The Morgan fingerprint density at radius 1 is 1.12 bits per heavy atom. The largest absolute Gasteiger partial charge is 0.410 e. The average Bonchev–Trinajstić information content (AvgIpc) is 2.15. The molecule has 1 rings (SSSR count). The lowest BCUT2D eigenvalue weighted by atomic mass is 10.3. The van der Waals surface area contributed by atoms with Crippen LogP contribution in [0.2, 0.25) is 0 Å². The summed E-state index contributed by atoms with van der Waals surface area (Å²) in [6, 6.07) is 4.89. The van der Waals surface area contributed by atoms with Gasteiger partial charge in [-0.3, -0.25) is 0 Å². The summed E-state index contributed by atoms with van der Waals surface area (Å²) < 4.78 is 58.1. The van der Waals surface area contributed by atoms with Gasteiger partial charge >= 0.3 is 6.18 Å². The quantitative estimate of drug-likeness (QED) is 0.819. The van der Waals surface area contributed by atoms with E-state index < -0.39 is 16.0 Å². The number of hydrogen-bond donors (Lipinski definition) is 1. The number of nitrogens with two attached hydrogens (primary N) is 1. The van der Waals surface area contributed by atoms with Crippen molar-refractivity contribution >= 4 is 15.5 Å². The van der Waals surface area contributed by atoms with Gasteiger partial charge in [0.05, 0.1) is 4.90 Å². The number of benzene rings is 1. The Hall–Kier alpha value is -1.50. The van der Waals surface area contributed by atoms with E-state index in [1.807, 2.05) is 0 Å². The van der Waals surface area contributed by atoms with Gasteiger partial charge in [0.2, 0.25) is 0 Å². The van der Waals surface area contributed by atoms with Gasteiger partial charge in [0, 0.05) is 17.2 Å². The number of sulfone groups is 1. The molecular formula is C9H8F3NO2S. The van der Waals surface area contributed by atoms with E-state index in [0.717, 1.165) is 12.1 Å². The molecule has 1 aromatic carbocycles. The van der Waals surface area contributed by atoms with Gasteiger partial charge in [-0.15, -0.1) is 0 Å². The smallest absolute Gasteiger partial charge is 0.399 e. The fourth-order valence-corrected chi connectivity index (χ4v) is 1.91. The van der Waals surface area contributed by atoms with Crippen LogP contribution >= 0.6 is 0 Å². The van der Waals surface area contributed by atoms with Gasteiger partial charge in [0.15, 0.2) is 9.84 Å². The molecule has 2 N–H and O–H groups in total. The highest BCUT2D eigenvalue weighted by Crippen LogP contribution is 2.20. The van der Waals surface area contributed by atoms with Gasteiger partial charge < -0.3 is 5.73 Å². The highest BCUT2D eigenvalue weighted by atomic mass is 32.2. The molecule has 88 valence electrons. The molecule has 0 aliphatic rings. The fraction of sp³-hybridized carbons (Fsp3) is 0.111. The summed E-state index contributed by atoms with van der Waals surface area (Å²) in [5, 5.41) is 0.124. The van der Waals surface area contributed by atoms with E-state index in [4.69, 9.17) is 5.73 Å². The molecular weight excluding hydrogens is 243 g/mol. The summed E-state index contributed by atoms with van der Waals surface area (Å²) >= 11 is 0. The molecule has 1 aromatic rings. The van der Waals surface area contributed by atoms with Crippen molar-refractivity contribution in [2.75, 3.05) is 5.73 Å². The van der Waals surface area contributed by atoms with Crippen LogP contribution in [-0.2, 0) is 9.84 Å². The average molecular weight is 251 g/mol. The van der Waals surface area contributed by atoms with Gasteiger partial charge in [-0.2, -0.15) is 13.2 Å². The van der Waals surface area contributed by atoms with Crippen LogP contribution < -0.4 is 5.73 Å². The Bertz CT molecular complexity index is 488. The molecule has 0 fully saturated rings. The Morgan fingerprint density at radius 2 is 1.62 bits per heavy atom. The number of anilines is 1. The molecule has 0 spiro atoms. The summed E-state index contributed by atoms with van der Waals surface area (Å²) in [5.41, 5.74) is 5.65. The molecule has 0 bridgehead atoms. The van der Waals surface area contributed by atoms with E-state index in [2.05, 4.69) is 0 Å². The van der Waals surface area contributed by atoms with Crippen molar-refractivity contribution in [2.45, 2.75) is 11.1 Å². The zero-order valence-corrected chi connectivity index (χ0v) is 8.72. The maximum absolute atomic E-state index is 11.8. The van der Waals surface area contributed by atoms with Crippen LogP contribution in [0.4, 0.5) is 18.9 Å². The SMILES string of the molecule is Nc1ccc(S(=O)(=O)C=CC(F)(F)F)cc1. The highest BCUT2D eigenvalue weighted by molar-refractivity contribution is 7.94. The van der Waals surface area contributed by atoms with E-state index in [1.54, 1.807) is 0 Å². The van der Waals surface area contributed by atoms with Crippen molar-refractivity contribution in [2.24, 2.45) is 0 Å². The molecule has 0 aliphatic heterocycles. The normalized spacial score (nSPS) is 13.2. The standard InChI is InChI=1S/C9H8F3NO2S/c10-9(11,12)5-6-16(14,15)8-3-1-7(13)2-4-8/h1-6H,13H2. The van der Waals surface area contributed by atoms with Crippen molar-refractivity contribution in [3.8, 4) is 0 Å². The van der Waals surface area contributed by atoms with E-state index >= 15 is 0 Å². The Morgan fingerprint density at radius 3 is 2.06 bits per heavy atom. The second kappa shape index (κ2) is 4.17. The molecule has 0 amide bonds. The first-order valence-corrected chi connectivity index (χ1v) is 5.62. The lowest BCUT2D eigenvalue weighted by molar-refractivity contribution is -0.0797. The number of allylic oxidation sites excluding steroid dienone is 1. The minimum absolute atomic E-state index is 0.124. The maximum atomic E-state index is 11.8. The zero-order chi connectivity index (χ0) is 12.4. The van der Waals surface area contributed by atoms with Crippen LogP contribution in [0.3, 0.4) is 0 Å². The number of nitrogen functional groups attached to an aromatic ring is 1. The van der Waals surface area contributed by atoms with Crippen molar-refractivity contribution in [3.63, 3.8) is 0 Å². The van der Waals surface area contributed by atoms with E-state index in [9.17, 15) is 21.6 Å². The van der Waals surface area contributed by atoms with Crippen molar-refractivity contribution in [3.05, 3.63) is 35.7 Å². The minimum Gasteiger partial charge on any atom is -0.399 e. The Labute approximate surface area is 90.3 Å². The van der Waals surface area contributed by atoms with Crippen LogP contribution in [0.15, 0.2) is 40.6 Å². The lowest BCUT2D eigenvalue weighted by Gasteiger charge is -2.01. The van der Waals surface area contributed by atoms with Crippen molar-refractivity contribution in [1.82, 2.24) is 0 Å². The molecule has 0 radical (unpaired) electrons. The maximum Gasteiger partial charge on any atom is 0.410 e. The van der Waals surface area contributed by atoms with E-state index in [1.165, 1.54) is 12.1 Å². The van der Waals surface area contributed by atoms with Gasteiger partial charge in [-0.05, 0) is 24.3 Å². The molecule has 7 heteroatoms. The van der Waals surface area contributed by atoms with Crippen LogP contribution in [-0.4, -0.2) is 14.6 Å². The van der Waals surface area contributed by atoms with Crippen molar-refractivity contribution in [1.29, 1.82) is 0 Å². The first-order chi connectivity index (χ1) is 7.21. The van der Waals surface area contributed by atoms with Crippen molar-refractivity contribution < 1.29 is 21.6 Å². The Balaban J connectivity index is 3.04. The number of rotatable bonds is 2. The third kappa shape index (κ3) is 3.58. The van der Waals surface area contributed by atoms with Crippen LogP contribution in [0, 0.1) is 0 Å². The van der Waals surface area contributed by atoms with Crippen LogP contribution in [0.5, 0.6) is 0 Å². The van der Waals surface area contributed by atoms with E-state index in [0.29, 0.717) is 5.69 Å². The number of hydrogen-bond acceptors (Lipinski definition) is 3. The summed E-state index contributed by atoms with van der Waals surface area (Å²) in [6.45, 7) is 0. The molecule has 0 saturated carbocycles. The molecule has 0 aliphatic carbocycles. The Kier molecular flexibility index (Phi) is 3.27. The predicted octanol–water partition coefficient (Wildman–Crippen LogP) is 2.12. The molecule has 0 unspecified atom stereocenters. The molecule has 0 aromatic heterocycles. The summed E-state index contributed by atoms with van der Waals surface area (Å²) in [6.07, 6.45) is -4.97. The fourth-order valence-electron chi connectivity index (χ4n) is 0.903. The van der Waals surface area contributed by atoms with Gasteiger partial charge in [-0.1, -0.05) is 0 Å². The third-order valence-electron chi connectivity index (χ3n) is 1.64. The van der Waals surface area contributed by atoms with Gasteiger partial charge in [-0.25, -0.2) is 8.42 Å². The van der Waals surface area contributed by atoms with Gasteiger partial charge in [0.25, 0.3) is 0 Å². The summed E-state index contributed by atoms with van der Waals surface area (Å²) in [5.74, 6) is 0. The molecule has 16 heavy (non-hydrogen) atoms. The van der Waals surface area contributed by atoms with E-state index in [-0.39, 0.29) is 16.4 Å². The second-order valence-electron chi connectivity index (χ2n) is 2.96. The molecule has 3 nitrogen and oxygen atoms in total. The monoisotopic (exact) mass is 251 g/mol. The third-order valence-corrected chi connectivity index (χ3v) is 3.07. The highest BCUT2D eigenvalue weighted by Gasteiger charge is 2.24.